The molecule has 0 aliphatic carbocycles. The van der Waals surface area contributed by atoms with E-state index in [1.165, 1.54) is 5.56 Å². The predicted octanol–water partition coefficient (Wildman–Crippen LogP) is 3.37. The van der Waals surface area contributed by atoms with E-state index in [0.29, 0.717) is 0 Å². The summed E-state index contributed by atoms with van der Waals surface area (Å²) in [7, 11) is 4.03. The molecule has 0 atom stereocenters. The number of aliphatic hydroxyl groups is 1. The van der Waals surface area contributed by atoms with Crippen LogP contribution in [0.2, 0.25) is 0 Å². The molecule has 0 saturated carbocycles. The first kappa shape index (κ1) is 17.9. The van der Waals surface area contributed by atoms with Crippen LogP contribution in [0.5, 0.6) is 11.5 Å². The highest BCUT2D eigenvalue weighted by atomic mass is 16.5. The number of likely N-dealkylation sites (N-methyl/N-ethyl adjacent to an activating group) is 1. The summed E-state index contributed by atoms with van der Waals surface area (Å²) in [6.45, 7) is 3.54. The summed E-state index contributed by atoms with van der Waals surface area (Å²) in [6.07, 6.45) is 1.67. The Kier molecular flexibility index (Phi) is 5.74. The maximum Gasteiger partial charge on any atom is 0.127 e. The van der Waals surface area contributed by atoms with Gasteiger partial charge in [0.25, 0.3) is 0 Å². The molecule has 2 aromatic carbocycles. The van der Waals surface area contributed by atoms with Gasteiger partial charge in [0.15, 0.2) is 0 Å². The van der Waals surface area contributed by atoms with Crippen molar-refractivity contribution in [1.82, 2.24) is 9.80 Å². The Labute approximate surface area is 150 Å². The van der Waals surface area contributed by atoms with E-state index in [2.05, 4.69) is 21.9 Å². The van der Waals surface area contributed by atoms with Gasteiger partial charge >= 0.3 is 0 Å². The van der Waals surface area contributed by atoms with E-state index in [1.807, 2.05) is 56.6 Å². The lowest BCUT2D eigenvalue weighted by Crippen LogP contribution is -2.49. The molecule has 0 aromatic heterocycles. The minimum atomic E-state index is -0.534. The molecule has 4 heteroatoms. The van der Waals surface area contributed by atoms with Crippen LogP contribution in [-0.4, -0.2) is 54.2 Å². The Hall–Kier alpha value is -1.88. The van der Waals surface area contributed by atoms with Crippen molar-refractivity contribution in [3.8, 4) is 11.5 Å². The fourth-order valence-electron chi connectivity index (χ4n) is 3.42. The molecule has 0 radical (unpaired) electrons. The fourth-order valence-corrected chi connectivity index (χ4v) is 3.42. The van der Waals surface area contributed by atoms with E-state index < -0.39 is 5.60 Å². The fraction of sp³-hybridized carbons (Fsp3) is 0.429. The lowest BCUT2D eigenvalue weighted by Gasteiger charge is -2.39. The van der Waals surface area contributed by atoms with Crippen LogP contribution >= 0.6 is 0 Å². The summed E-state index contributed by atoms with van der Waals surface area (Å²) in [5.41, 5.74) is 0.742. The molecule has 134 valence electrons. The van der Waals surface area contributed by atoms with Crippen molar-refractivity contribution in [2.45, 2.75) is 25.0 Å². The minimum Gasteiger partial charge on any atom is -0.457 e. The van der Waals surface area contributed by atoms with E-state index in [4.69, 9.17) is 4.74 Å². The molecular weight excluding hydrogens is 312 g/mol. The zero-order valence-corrected chi connectivity index (χ0v) is 15.2. The predicted molar refractivity (Wildman–Crippen MR) is 101 cm³/mol. The summed E-state index contributed by atoms with van der Waals surface area (Å²) < 4.78 is 5.84. The molecule has 0 amide bonds. The van der Waals surface area contributed by atoms with E-state index in [-0.39, 0.29) is 0 Å². The van der Waals surface area contributed by atoms with Crippen LogP contribution in [-0.2, 0) is 6.54 Å². The number of para-hydroxylation sites is 1. The number of hydrogen-bond acceptors (Lipinski definition) is 4. The Morgan fingerprint density at radius 3 is 2.16 bits per heavy atom. The molecule has 1 heterocycles. The van der Waals surface area contributed by atoms with Crippen LogP contribution < -0.4 is 4.74 Å². The third-order valence-electron chi connectivity index (χ3n) is 4.71. The Bertz CT molecular complexity index is 647. The molecule has 1 aliphatic rings. The van der Waals surface area contributed by atoms with Crippen LogP contribution in [0.3, 0.4) is 0 Å². The van der Waals surface area contributed by atoms with E-state index in [9.17, 15) is 5.11 Å². The van der Waals surface area contributed by atoms with Crippen molar-refractivity contribution >= 4 is 0 Å². The van der Waals surface area contributed by atoms with Crippen LogP contribution in [0.25, 0.3) is 0 Å². The van der Waals surface area contributed by atoms with Crippen molar-refractivity contribution in [2.75, 3.05) is 33.7 Å². The first-order valence-corrected chi connectivity index (χ1v) is 8.94. The summed E-state index contributed by atoms with van der Waals surface area (Å²) in [6, 6.07) is 18.1. The lowest BCUT2D eigenvalue weighted by atomic mass is 9.91. The third-order valence-corrected chi connectivity index (χ3v) is 4.71. The number of ether oxygens (including phenoxy) is 1. The maximum atomic E-state index is 10.6. The van der Waals surface area contributed by atoms with Crippen LogP contribution in [0.15, 0.2) is 54.6 Å². The first-order chi connectivity index (χ1) is 12.0. The molecule has 4 nitrogen and oxygen atoms in total. The highest BCUT2D eigenvalue weighted by molar-refractivity contribution is 5.32. The van der Waals surface area contributed by atoms with Crippen molar-refractivity contribution in [3.63, 3.8) is 0 Å². The van der Waals surface area contributed by atoms with Gasteiger partial charge in [0.05, 0.1) is 5.60 Å². The molecule has 1 aliphatic heterocycles. The van der Waals surface area contributed by atoms with Gasteiger partial charge in [0, 0.05) is 26.2 Å². The summed E-state index contributed by atoms with van der Waals surface area (Å²) in [5.74, 6) is 1.71. The second kappa shape index (κ2) is 8.00. The van der Waals surface area contributed by atoms with E-state index in [0.717, 1.165) is 50.5 Å². The van der Waals surface area contributed by atoms with Crippen LogP contribution in [0.4, 0.5) is 0 Å². The van der Waals surface area contributed by atoms with Crippen LogP contribution in [0, 0.1) is 0 Å². The number of likely N-dealkylation sites (tertiary alicyclic amines) is 1. The SMILES string of the molecule is CN(C)CC1(O)CCN(Cc2ccc(Oc3ccccc3)cc2)CC1. The zero-order chi connectivity index (χ0) is 17.7. The third kappa shape index (κ3) is 5.30. The quantitative estimate of drug-likeness (QED) is 0.875. The summed E-state index contributed by atoms with van der Waals surface area (Å²) in [5, 5.41) is 10.6. The van der Waals surface area contributed by atoms with Gasteiger partial charge in [-0.05, 0) is 56.8 Å². The van der Waals surface area contributed by atoms with Gasteiger partial charge in [0.2, 0.25) is 0 Å². The van der Waals surface area contributed by atoms with Gasteiger partial charge in [-0.2, -0.15) is 0 Å². The Balaban J connectivity index is 1.51. The average molecular weight is 340 g/mol. The smallest absolute Gasteiger partial charge is 0.127 e. The second-order valence-corrected chi connectivity index (χ2v) is 7.30. The van der Waals surface area contributed by atoms with Gasteiger partial charge in [-0.3, -0.25) is 4.90 Å². The van der Waals surface area contributed by atoms with E-state index in [1.54, 1.807) is 0 Å². The van der Waals surface area contributed by atoms with Gasteiger partial charge in [-0.15, -0.1) is 0 Å². The van der Waals surface area contributed by atoms with Crippen molar-refractivity contribution in [3.05, 3.63) is 60.2 Å². The monoisotopic (exact) mass is 340 g/mol. The molecule has 3 rings (SSSR count). The summed E-state index contributed by atoms with van der Waals surface area (Å²) >= 11 is 0. The van der Waals surface area contributed by atoms with Crippen LogP contribution in [0.1, 0.15) is 18.4 Å². The van der Waals surface area contributed by atoms with Crippen molar-refractivity contribution in [1.29, 1.82) is 0 Å². The number of piperidine rings is 1. The minimum absolute atomic E-state index is 0.534. The number of nitrogens with zero attached hydrogens (tertiary/aromatic N) is 2. The van der Waals surface area contributed by atoms with Gasteiger partial charge in [-0.25, -0.2) is 0 Å². The Morgan fingerprint density at radius 2 is 1.56 bits per heavy atom. The molecule has 0 unspecified atom stereocenters. The number of benzene rings is 2. The molecule has 1 N–H and O–H groups in total. The number of rotatable bonds is 6. The molecule has 0 bridgehead atoms. The molecular formula is C21H28N2O2. The maximum absolute atomic E-state index is 10.6. The molecule has 0 spiro atoms. The van der Waals surface area contributed by atoms with Gasteiger partial charge in [-0.1, -0.05) is 30.3 Å². The van der Waals surface area contributed by atoms with Crippen molar-refractivity contribution < 1.29 is 9.84 Å². The zero-order valence-electron chi connectivity index (χ0n) is 15.2. The van der Waals surface area contributed by atoms with Gasteiger partial charge < -0.3 is 14.7 Å². The molecule has 25 heavy (non-hydrogen) atoms. The highest BCUT2D eigenvalue weighted by Gasteiger charge is 2.32. The molecule has 1 fully saturated rings. The second-order valence-electron chi connectivity index (χ2n) is 7.30. The van der Waals surface area contributed by atoms with Crippen molar-refractivity contribution in [2.24, 2.45) is 0 Å². The molecule has 2 aromatic rings. The normalized spacial score (nSPS) is 17.6. The van der Waals surface area contributed by atoms with E-state index >= 15 is 0 Å². The summed E-state index contributed by atoms with van der Waals surface area (Å²) in [4.78, 5) is 4.48. The first-order valence-electron chi connectivity index (χ1n) is 8.94. The number of hydrogen-bond donors (Lipinski definition) is 1. The van der Waals surface area contributed by atoms with Gasteiger partial charge in [0.1, 0.15) is 11.5 Å². The largest absolute Gasteiger partial charge is 0.457 e. The lowest BCUT2D eigenvalue weighted by molar-refractivity contribution is -0.0388. The molecule has 1 saturated heterocycles. The average Bonchev–Trinajstić information content (AvgIpc) is 2.59. The topological polar surface area (TPSA) is 35.9 Å². The Morgan fingerprint density at radius 1 is 0.960 bits per heavy atom. The highest BCUT2D eigenvalue weighted by Crippen LogP contribution is 2.25. The standard InChI is InChI=1S/C21H28N2O2/c1-22(2)17-21(24)12-14-23(15-13-21)16-18-8-10-20(11-9-18)25-19-6-4-3-5-7-19/h3-11,24H,12-17H2,1-2H3.